The van der Waals surface area contributed by atoms with Crippen molar-refractivity contribution in [2.45, 2.75) is 25.3 Å². The van der Waals surface area contributed by atoms with Crippen LogP contribution in [0.3, 0.4) is 0 Å². The third kappa shape index (κ3) is 2.19. The Bertz CT molecular complexity index is 365. The molecule has 0 saturated carbocycles. The van der Waals surface area contributed by atoms with Gasteiger partial charge in [-0.25, -0.2) is 4.98 Å². The highest BCUT2D eigenvalue weighted by molar-refractivity contribution is 5.76. The Morgan fingerprint density at radius 1 is 1.31 bits per heavy atom. The summed E-state index contributed by atoms with van der Waals surface area (Å²) in [6.07, 6.45) is 5.10. The summed E-state index contributed by atoms with van der Waals surface area (Å²) < 4.78 is 0. The average molecular weight is 221 g/mol. The molecule has 1 atom stereocenters. The molecule has 0 aromatic carbocycles. The Morgan fingerprint density at radius 3 is 2.94 bits per heavy atom. The van der Waals surface area contributed by atoms with E-state index in [1.165, 1.54) is 6.42 Å². The first-order valence-electron chi connectivity index (χ1n) is 5.69. The first-order valence-corrected chi connectivity index (χ1v) is 5.69. The summed E-state index contributed by atoms with van der Waals surface area (Å²) in [5, 5.41) is 0. The quantitative estimate of drug-likeness (QED) is 0.644. The van der Waals surface area contributed by atoms with Gasteiger partial charge in [0.25, 0.3) is 0 Å². The molecule has 1 aliphatic heterocycles. The highest BCUT2D eigenvalue weighted by Crippen LogP contribution is 2.28. The van der Waals surface area contributed by atoms with Crippen LogP contribution in [0.2, 0.25) is 0 Å². The molecule has 16 heavy (non-hydrogen) atoms. The van der Waals surface area contributed by atoms with Crippen molar-refractivity contribution in [1.29, 1.82) is 0 Å². The summed E-state index contributed by atoms with van der Waals surface area (Å²) in [6, 6.07) is 2.13. The predicted molar refractivity (Wildman–Crippen MR) is 67.1 cm³/mol. The van der Waals surface area contributed by atoms with Crippen molar-refractivity contribution in [3.63, 3.8) is 0 Å². The van der Waals surface area contributed by atoms with E-state index < -0.39 is 0 Å². The van der Waals surface area contributed by atoms with Crippen molar-refractivity contribution in [2.75, 3.05) is 29.5 Å². The van der Waals surface area contributed by atoms with Gasteiger partial charge in [-0.05, 0) is 18.9 Å². The van der Waals surface area contributed by atoms with E-state index in [1.54, 1.807) is 6.20 Å². The van der Waals surface area contributed by atoms with E-state index >= 15 is 0 Å². The van der Waals surface area contributed by atoms with Crippen LogP contribution in [-0.2, 0) is 0 Å². The molecule has 1 aliphatic rings. The van der Waals surface area contributed by atoms with Crippen molar-refractivity contribution in [1.82, 2.24) is 4.98 Å². The van der Waals surface area contributed by atoms with Gasteiger partial charge < -0.3 is 22.1 Å². The third-order valence-electron chi connectivity index (χ3n) is 3.05. The molecule has 5 heteroatoms. The summed E-state index contributed by atoms with van der Waals surface area (Å²) in [5.41, 5.74) is 19.2. The second kappa shape index (κ2) is 4.57. The van der Waals surface area contributed by atoms with E-state index in [-0.39, 0.29) is 6.04 Å². The molecule has 1 fully saturated rings. The number of anilines is 3. The smallest absolute Gasteiger partial charge is 0.148 e. The molecular formula is C11H19N5. The fourth-order valence-corrected chi connectivity index (χ4v) is 2.15. The predicted octanol–water partition coefficient (Wildman–Crippen LogP) is 0.564. The molecule has 0 aliphatic carbocycles. The van der Waals surface area contributed by atoms with Crippen LogP contribution in [0.15, 0.2) is 12.3 Å². The van der Waals surface area contributed by atoms with Crippen molar-refractivity contribution in [3.8, 4) is 0 Å². The number of rotatable bonds is 1. The molecule has 1 aromatic rings. The maximum absolute atomic E-state index is 6.02. The molecule has 1 aromatic heterocycles. The van der Waals surface area contributed by atoms with Gasteiger partial charge in [-0.3, -0.25) is 0 Å². The van der Waals surface area contributed by atoms with E-state index in [0.717, 1.165) is 31.6 Å². The van der Waals surface area contributed by atoms with Crippen molar-refractivity contribution < 1.29 is 0 Å². The van der Waals surface area contributed by atoms with E-state index in [0.29, 0.717) is 11.5 Å². The van der Waals surface area contributed by atoms with Crippen LogP contribution in [0.25, 0.3) is 0 Å². The maximum Gasteiger partial charge on any atom is 0.148 e. The fourth-order valence-electron chi connectivity index (χ4n) is 2.15. The second-order valence-electron chi connectivity index (χ2n) is 4.33. The standard InChI is InChI=1S/C11H19N5/c12-8-3-1-2-6-16(7-8)9-4-5-15-11(14)10(9)13/h4-5,8H,1-3,6-7,12-13H2,(H2,14,15). The molecule has 1 saturated heterocycles. The summed E-state index contributed by atoms with van der Waals surface area (Å²) in [4.78, 5) is 6.18. The summed E-state index contributed by atoms with van der Waals surface area (Å²) in [7, 11) is 0. The topological polar surface area (TPSA) is 94.2 Å². The monoisotopic (exact) mass is 221 g/mol. The molecular weight excluding hydrogens is 202 g/mol. The van der Waals surface area contributed by atoms with E-state index in [9.17, 15) is 0 Å². The number of aromatic nitrogens is 1. The number of nitrogen functional groups attached to an aromatic ring is 2. The van der Waals surface area contributed by atoms with Crippen LogP contribution >= 0.6 is 0 Å². The molecule has 0 radical (unpaired) electrons. The lowest BCUT2D eigenvalue weighted by Crippen LogP contribution is -2.36. The van der Waals surface area contributed by atoms with Gasteiger partial charge in [0.1, 0.15) is 5.82 Å². The Morgan fingerprint density at radius 2 is 2.12 bits per heavy atom. The Kier molecular flexibility index (Phi) is 3.14. The van der Waals surface area contributed by atoms with Crippen LogP contribution in [0, 0.1) is 0 Å². The highest BCUT2D eigenvalue weighted by Gasteiger charge is 2.17. The van der Waals surface area contributed by atoms with E-state index in [4.69, 9.17) is 17.2 Å². The van der Waals surface area contributed by atoms with Gasteiger partial charge in [-0.2, -0.15) is 0 Å². The van der Waals surface area contributed by atoms with Gasteiger partial charge in [0, 0.05) is 25.3 Å². The van der Waals surface area contributed by atoms with Gasteiger partial charge in [-0.1, -0.05) is 6.42 Å². The zero-order valence-corrected chi connectivity index (χ0v) is 9.39. The largest absolute Gasteiger partial charge is 0.394 e. The van der Waals surface area contributed by atoms with Crippen molar-refractivity contribution in [2.24, 2.45) is 5.73 Å². The second-order valence-corrected chi connectivity index (χ2v) is 4.33. The molecule has 2 heterocycles. The minimum absolute atomic E-state index is 0.219. The van der Waals surface area contributed by atoms with Gasteiger partial charge in [0.2, 0.25) is 0 Å². The molecule has 0 bridgehead atoms. The first kappa shape index (κ1) is 11.0. The molecule has 2 rings (SSSR count). The molecule has 88 valence electrons. The van der Waals surface area contributed by atoms with E-state index in [1.807, 2.05) is 6.07 Å². The summed E-state index contributed by atoms with van der Waals surface area (Å²) in [6.45, 7) is 1.83. The maximum atomic E-state index is 6.02. The van der Waals surface area contributed by atoms with Gasteiger partial charge >= 0.3 is 0 Å². The lowest BCUT2D eigenvalue weighted by Gasteiger charge is -2.26. The SMILES string of the molecule is Nc1nccc(N2CCCCC(N)C2)c1N. The van der Waals surface area contributed by atoms with Crippen LogP contribution < -0.4 is 22.1 Å². The van der Waals surface area contributed by atoms with Crippen molar-refractivity contribution in [3.05, 3.63) is 12.3 Å². The summed E-state index contributed by atoms with van der Waals surface area (Å²) >= 11 is 0. The molecule has 1 unspecified atom stereocenters. The zero-order chi connectivity index (χ0) is 11.5. The van der Waals surface area contributed by atoms with Crippen LogP contribution in [-0.4, -0.2) is 24.1 Å². The van der Waals surface area contributed by atoms with Gasteiger partial charge in [0.05, 0.1) is 11.4 Å². The Hall–Kier alpha value is -1.49. The number of hydrogen-bond acceptors (Lipinski definition) is 5. The zero-order valence-electron chi connectivity index (χ0n) is 9.39. The molecule has 5 nitrogen and oxygen atoms in total. The first-order chi connectivity index (χ1) is 7.68. The average Bonchev–Trinajstić information content (AvgIpc) is 2.47. The number of hydrogen-bond donors (Lipinski definition) is 3. The minimum Gasteiger partial charge on any atom is -0.394 e. The number of nitrogens with zero attached hydrogens (tertiary/aromatic N) is 2. The third-order valence-corrected chi connectivity index (χ3v) is 3.05. The Balaban J connectivity index is 2.24. The highest BCUT2D eigenvalue weighted by atomic mass is 15.2. The van der Waals surface area contributed by atoms with Gasteiger partial charge in [-0.15, -0.1) is 0 Å². The van der Waals surface area contributed by atoms with E-state index in [2.05, 4.69) is 9.88 Å². The van der Waals surface area contributed by atoms with Crippen LogP contribution in [0.4, 0.5) is 17.2 Å². The normalized spacial score (nSPS) is 21.8. The van der Waals surface area contributed by atoms with Crippen LogP contribution in [0.5, 0.6) is 0 Å². The lowest BCUT2D eigenvalue weighted by atomic mass is 10.1. The van der Waals surface area contributed by atoms with Crippen LogP contribution in [0.1, 0.15) is 19.3 Å². The van der Waals surface area contributed by atoms with Gasteiger partial charge in [0.15, 0.2) is 0 Å². The number of pyridine rings is 1. The molecule has 0 spiro atoms. The fraction of sp³-hybridized carbons (Fsp3) is 0.545. The molecule has 6 N–H and O–H groups in total. The Labute approximate surface area is 95.6 Å². The minimum atomic E-state index is 0.219. The van der Waals surface area contributed by atoms with Crippen molar-refractivity contribution >= 4 is 17.2 Å². The molecule has 0 amide bonds. The number of nitrogens with two attached hydrogens (primary N) is 3. The lowest BCUT2D eigenvalue weighted by molar-refractivity contribution is 0.621. The summed E-state index contributed by atoms with van der Waals surface area (Å²) in [5.74, 6) is 0.398.